The minimum Gasteiger partial charge on any atom is -0.447 e. The normalized spacial score (nSPS) is 11.5. The van der Waals surface area contributed by atoms with Crippen LogP contribution in [0.15, 0.2) is 24.3 Å². The molecule has 0 heterocycles. The van der Waals surface area contributed by atoms with Crippen LogP contribution in [0, 0.1) is 11.3 Å². The molecule has 0 spiro atoms. The molecule has 0 saturated heterocycles. The number of nitrogen functional groups attached to an aromatic ring is 1. The highest BCUT2D eigenvalue weighted by molar-refractivity contribution is 5.70. The molecule has 0 aliphatic rings. The number of carbonyl (C=O) groups excluding carboxylic acids is 1. The third-order valence-corrected chi connectivity index (χ3v) is 2.36. The molecule has 0 bridgehead atoms. The molecule has 1 aromatic rings. The van der Waals surface area contributed by atoms with E-state index in [1.165, 1.54) is 0 Å². The number of carbonyl (C=O) groups is 1. The van der Waals surface area contributed by atoms with Gasteiger partial charge in [-0.3, -0.25) is 4.79 Å². The molecule has 4 heteroatoms. The largest absolute Gasteiger partial charge is 0.447 e. The Morgan fingerprint density at radius 3 is 2.94 bits per heavy atom. The summed E-state index contributed by atoms with van der Waals surface area (Å²) < 4.78 is 4.97. The van der Waals surface area contributed by atoms with Crippen molar-refractivity contribution in [3.8, 4) is 6.07 Å². The summed E-state index contributed by atoms with van der Waals surface area (Å²) in [6.45, 7) is 1.80. The lowest BCUT2D eigenvalue weighted by Crippen LogP contribution is -2.15. The van der Waals surface area contributed by atoms with Crippen LogP contribution in [0.5, 0.6) is 0 Å². The molecular weight excluding hydrogens is 216 g/mol. The van der Waals surface area contributed by atoms with Crippen LogP contribution in [0.4, 0.5) is 5.69 Å². The third-order valence-electron chi connectivity index (χ3n) is 2.36. The molecule has 2 N–H and O–H groups in total. The van der Waals surface area contributed by atoms with Crippen molar-refractivity contribution in [3.05, 3.63) is 29.8 Å². The van der Waals surface area contributed by atoms with E-state index in [0.29, 0.717) is 18.5 Å². The monoisotopic (exact) mass is 232 g/mol. The lowest BCUT2D eigenvalue weighted by molar-refractivity contribution is -0.146. The van der Waals surface area contributed by atoms with Crippen molar-refractivity contribution in [1.29, 1.82) is 5.26 Å². The summed E-state index contributed by atoms with van der Waals surface area (Å²) in [5.41, 5.74) is 7.30. The molecule has 17 heavy (non-hydrogen) atoms. The third kappa shape index (κ3) is 4.56. The zero-order valence-electron chi connectivity index (χ0n) is 9.85. The van der Waals surface area contributed by atoms with Gasteiger partial charge in [-0.2, -0.15) is 5.26 Å². The second-order valence-corrected chi connectivity index (χ2v) is 3.76. The van der Waals surface area contributed by atoms with Crippen molar-refractivity contribution >= 4 is 11.7 Å². The van der Waals surface area contributed by atoms with Gasteiger partial charge >= 0.3 is 5.97 Å². The zero-order chi connectivity index (χ0) is 12.7. The van der Waals surface area contributed by atoms with Crippen LogP contribution >= 0.6 is 0 Å². The van der Waals surface area contributed by atoms with E-state index in [4.69, 9.17) is 15.7 Å². The Kier molecular flexibility index (Phi) is 5.02. The van der Waals surface area contributed by atoms with Gasteiger partial charge in [-0.1, -0.05) is 19.1 Å². The number of ether oxygens (including phenoxy) is 1. The van der Waals surface area contributed by atoms with Crippen LogP contribution in [0.1, 0.15) is 25.3 Å². The molecule has 4 nitrogen and oxygen atoms in total. The number of nitrogens with two attached hydrogens (primary N) is 1. The zero-order valence-corrected chi connectivity index (χ0v) is 9.85. The average Bonchev–Trinajstić information content (AvgIpc) is 2.33. The van der Waals surface area contributed by atoms with E-state index in [2.05, 4.69) is 0 Å². The van der Waals surface area contributed by atoms with Gasteiger partial charge in [-0.25, -0.2) is 0 Å². The van der Waals surface area contributed by atoms with Crippen LogP contribution in [0.2, 0.25) is 0 Å². The van der Waals surface area contributed by atoms with E-state index in [1.54, 1.807) is 13.0 Å². The summed E-state index contributed by atoms with van der Waals surface area (Å²) in [7, 11) is 0. The predicted molar refractivity (Wildman–Crippen MR) is 65.0 cm³/mol. The Bertz CT molecular complexity index is 424. The molecule has 0 aromatic heterocycles. The van der Waals surface area contributed by atoms with E-state index in [1.807, 2.05) is 24.3 Å². The first kappa shape index (κ1) is 13.0. The first-order valence-electron chi connectivity index (χ1n) is 5.59. The van der Waals surface area contributed by atoms with Gasteiger partial charge in [-0.05, 0) is 30.5 Å². The maximum absolute atomic E-state index is 11.4. The lowest BCUT2D eigenvalue weighted by atomic mass is 10.1. The smallest absolute Gasteiger partial charge is 0.307 e. The molecule has 1 atom stereocenters. The SMILES string of the molecule is CCC(C#N)OC(=O)CCc1cccc(N)c1. The number of hydrogen-bond acceptors (Lipinski definition) is 4. The van der Waals surface area contributed by atoms with Gasteiger partial charge in [0.2, 0.25) is 0 Å². The maximum atomic E-state index is 11.4. The molecular formula is C13H16N2O2. The molecule has 1 rings (SSSR count). The van der Waals surface area contributed by atoms with Gasteiger partial charge in [0.15, 0.2) is 6.10 Å². The highest BCUT2D eigenvalue weighted by Crippen LogP contribution is 2.09. The Labute approximate surface area is 101 Å². The molecule has 1 unspecified atom stereocenters. The van der Waals surface area contributed by atoms with Gasteiger partial charge in [0.05, 0.1) is 0 Å². The molecule has 90 valence electrons. The minimum atomic E-state index is -0.636. The number of rotatable bonds is 5. The average molecular weight is 232 g/mol. The van der Waals surface area contributed by atoms with E-state index < -0.39 is 6.10 Å². The highest BCUT2D eigenvalue weighted by Gasteiger charge is 2.11. The number of nitrogens with zero attached hydrogens (tertiary/aromatic N) is 1. The number of hydrogen-bond donors (Lipinski definition) is 1. The van der Waals surface area contributed by atoms with Gasteiger partial charge in [0, 0.05) is 12.1 Å². The Morgan fingerprint density at radius 2 is 2.35 bits per heavy atom. The van der Waals surface area contributed by atoms with Crippen LogP contribution in [0.25, 0.3) is 0 Å². The fraction of sp³-hybridized carbons (Fsp3) is 0.385. The summed E-state index contributed by atoms with van der Waals surface area (Å²) in [5, 5.41) is 8.65. The highest BCUT2D eigenvalue weighted by atomic mass is 16.5. The summed E-state index contributed by atoms with van der Waals surface area (Å²) in [5.74, 6) is -0.346. The number of benzene rings is 1. The molecule has 0 aliphatic carbocycles. The van der Waals surface area contributed by atoms with E-state index in [9.17, 15) is 4.79 Å². The van der Waals surface area contributed by atoms with Gasteiger partial charge in [-0.15, -0.1) is 0 Å². The second-order valence-electron chi connectivity index (χ2n) is 3.76. The molecule has 1 aromatic carbocycles. The Balaban J connectivity index is 2.41. The summed E-state index contributed by atoms with van der Waals surface area (Å²) >= 11 is 0. The van der Waals surface area contributed by atoms with Crippen LogP contribution in [-0.2, 0) is 16.0 Å². The van der Waals surface area contributed by atoms with Crippen LogP contribution < -0.4 is 5.73 Å². The Morgan fingerprint density at radius 1 is 1.59 bits per heavy atom. The summed E-state index contributed by atoms with van der Waals surface area (Å²) in [4.78, 5) is 11.4. The molecule has 0 radical (unpaired) electrons. The number of nitriles is 1. The van der Waals surface area contributed by atoms with Crippen LogP contribution in [-0.4, -0.2) is 12.1 Å². The second kappa shape index (κ2) is 6.54. The standard InChI is InChI=1S/C13H16N2O2/c1-2-12(9-14)17-13(16)7-6-10-4-3-5-11(15)8-10/h3-5,8,12H,2,6-7,15H2,1H3. The summed E-state index contributed by atoms with van der Waals surface area (Å²) in [6.07, 6.45) is 0.719. The van der Waals surface area contributed by atoms with E-state index in [0.717, 1.165) is 5.56 Å². The van der Waals surface area contributed by atoms with Crippen molar-refractivity contribution in [2.45, 2.75) is 32.3 Å². The maximum Gasteiger partial charge on any atom is 0.307 e. The lowest BCUT2D eigenvalue weighted by Gasteiger charge is -2.08. The number of esters is 1. The topological polar surface area (TPSA) is 76.1 Å². The Hall–Kier alpha value is -2.02. The molecule has 0 saturated carbocycles. The number of anilines is 1. The fourth-order valence-electron chi connectivity index (χ4n) is 1.41. The van der Waals surface area contributed by atoms with Crippen molar-refractivity contribution in [3.63, 3.8) is 0 Å². The van der Waals surface area contributed by atoms with Crippen molar-refractivity contribution in [2.75, 3.05) is 5.73 Å². The number of aryl methyl sites for hydroxylation is 1. The van der Waals surface area contributed by atoms with E-state index in [-0.39, 0.29) is 12.4 Å². The minimum absolute atomic E-state index is 0.266. The van der Waals surface area contributed by atoms with E-state index >= 15 is 0 Å². The van der Waals surface area contributed by atoms with Crippen molar-refractivity contribution in [2.24, 2.45) is 0 Å². The predicted octanol–water partition coefficient (Wildman–Crippen LogP) is 2.05. The summed E-state index contributed by atoms with van der Waals surface area (Å²) in [6, 6.07) is 9.31. The first-order chi connectivity index (χ1) is 8.15. The quantitative estimate of drug-likeness (QED) is 0.622. The first-order valence-corrected chi connectivity index (χ1v) is 5.59. The van der Waals surface area contributed by atoms with Gasteiger partial charge in [0.1, 0.15) is 6.07 Å². The van der Waals surface area contributed by atoms with Crippen LogP contribution in [0.3, 0.4) is 0 Å². The molecule has 0 fully saturated rings. The van der Waals surface area contributed by atoms with Gasteiger partial charge in [0.25, 0.3) is 0 Å². The van der Waals surface area contributed by atoms with Crippen molar-refractivity contribution < 1.29 is 9.53 Å². The van der Waals surface area contributed by atoms with Crippen molar-refractivity contribution in [1.82, 2.24) is 0 Å². The fourth-order valence-corrected chi connectivity index (χ4v) is 1.41. The molecule has 0 amide bonds. The van der Waals surface area contributed by atoms with Gasteiger partial charge < -0.3 is 10.5 Å². The molecule has 0 aliphatic heterocycles.